The summed E-state index contributed by atoms with van der Waals surface area (Å²) in [5, 5.41) is 17.1. The monoisotopic (exact) mass is 398 g/mol. The van der Waals surface area contributed by atoms with Crippen molar-refractivity contribution in [2.75, 3.05) is 32.7 Å². The second-order valence-corrected chi connectivity index (χ2v) is 9.16. The SMILES string of the molecule is CCNC(=NCC(O)c1ccc(Cl)s1)NC1CCN(CC2CCCC2)C1. The predicted molar refractivity (Wildman–Crippen MR) is 110 cm³/mol. The number of nitrogens with zero attached hydrogens (tertiary/aromatic N) is 2. The summed E-state index contributed by atoms with van der Waals surface area (Å²) in [5.41, 5.74) is 0. The maximum absolute atomic E-state index is 10.3. The Labute approximate surface area is 165 Å². The molecule has 0 amide bonds. The number of likely N-dealkylation sites (tertiary alicyclic amines) is 1. The van der Waals surface area contributed by atoms with Crippen molar-refractivity contribution in [3.63, 3.8) is 0 Å². The lowest BCUT2D eigenvalue weighted by atomic mass is 10.1. The van der Waals surface area contributed by atoms with Crippen LogP contribution in [0.1, 0.15) is 50.0 Å². The molecule has 2 fully saturated rings. The fraction of sp³-hybridized carbons (Fsp3) is 0.737. The van der Waals surface area contributed by atoms with Crippen molar-refractivity contribution >= 4 is 28.9 Å². The fourth-order valence-electron chi connectivity index (χ4n) is 3.96. The van der Waals surface area contributed by atoms with Gasteiger partial charge in [0.15, 0.2) is 5.96 Å². The minimum Gasteiger partial charge on any atom is -0.386 e. The number of thiophene rings is 1. The number of guanidine groups is 1. The molecule has 146 valence electrons. The Morgan fingerprint density at radius 2 is 2.19 bits per heavy atom. The third-order valence-electron chi connectivity index (χ3n) is 5.29. The molecule has 1 aromatic rings. The Kier molecular flexibility index (Phi) is 7.61. The molecule has 2 aliphatic rings. The number of rotatable bonds is 7. The molecular formula is C19H31ClN4OS. The summed E-state index contributed by atoms with van der Waals surface area (Å²) in [6.45, 7) is 6.72. The molecule has 1 aromatic heterocycles. The Hall–Kier alpha value is -0.820. The van der Waals surface area contributed by atoms with Gasteiger partial charge in [-0.05, 0) is 44.2 Å². The average Bonchev–Trinajstić information content (AvgIpc) is 3.36. The maximum atomic E-state index is 10.3. The zero-order valence-electron chi connectivity index (χ0n) is 15.6. The molecule has 0 bridgehead atoms. The van der Waals surface area contributed by atoms with Crippen LogP contribution < -0.4 is 10.6 Å². The molecule has 0 spiro atoms. The molecule has 0 radical (unpaired) electrons. The fourth-order valence-corrected chi connectivity index (χ4v) is 5.00. The van der Waals surface area contributed by atoms with Crippen molar-refractivity contribution in [2.24, 2.45) is 10.9 Å². The highest BCUT2D eigenvalue weighted by atomic mass is 35.5. The van der Waals surface area contributed by atoms with Crippen LogP contribution in [0.2, 0.25) is 4.34 Å². The molecule has 3 rings (SSSR count). The highest BCUT2D eigenvalue weighted by molar-refractivity contribution is 7.16. The number of aliphatic imine (C=N–C) groups is 1. The lowest BCUT2D eigenvalue weighted by molar-refractivity contribution is 0.191. The molecule has 1 aliphatic carbocycles. The van der Waals surface area contributed by atoms with E-state index in [1.54, 1.807) is 0 Å². The van der Waals surface area contributed by atoms with Crippen molar-refractivity contribution in [3.8, 4) is 0 Å². The van der Waals surface area contributed by atoms with Crippen LogP contribution in [0, 0.1) is 5.92 Å². The lowest BCUT2D eigenvalue weighted by Crippen LogP contribution is -2.45. The Morgan fingerprint density at radius 3 is 2.88 bits per heavy atom. The van der Waals surface area contributed by atoms with Crippen LogP contribution >= 0.6 is 22.9 Å². The van der Waals surface area contributed by atoms with Crippen LogP contribution in [0.15, 0.2) is 17.1 Å². The van der Waals surface area contributed by atoms with E-state index < -0.39 is 6.10 Å². The average molecular weight is 399 g/mol. The van der Waals surface area contributed by atoms with Gasteiger partial charge in [0.05, 0.1) is 10.9 Å². The highest BCUT2D eigenvalue weighted by Crippen LogP contribution is 2.27. The van der Waals surface area contributed by atoms with Gasteiger partial charge in [0.25, 0.3) is 0 Å². The summed E-state index contributed by atoms with van der Waals surface area (Å²) in [7, 11) is 0. The van der Waals surface area contributed by atoms with Gasteiger partial charge in [-0.15, -0.1) is 11.3 Å². The van der Waals surface area contributed by atoms with Crippen molar-refractivity contribution in [1.29, 1.82) is 0 Å². The minimum atomic E-state index is -0.606. The Morgan fingerprint density at radius 1 is 1.38 bits per heavy atom. The smallest absolute Gasteiger partial charge is 0.191 e. The summed E-state index contributed by atoms with van der Waals surface area (Å²) in [6, 6.07) is 4.11. The van der Waals surface area contributed by atoms with E-state index in [1.807, 2.05) is 12.1 Å². The molecule has 1 saturated heterocycles. The number of aliphatic hydroxyl groups is 1. The molecule has 2 heterocycles. The molecule has 26 heavy (non-hydrogen) atoms. The van der Waals surface area contributed by atoms with Gasteiger partial charge in [-0.2, -0.15) is 0 Å². The Bertz CT molecular complexity index is 588. The van der Waals surface area contributed by atoms with E-state index in [0.717, 1.165) is 36.3 Å². The summed E-state index contributed by atoms with van der Waals surface area (Å²) in [6.07, 6.45) is 6.18. The van der Waals surface area contributed by atoms with Gasteiger partial charge in [0.1, 0.15) is 6.10 Å². The van der Waals surface area contributed by atoms with Crippen molar-refractivity contribution < 1.29 is 5.11 Å². The van der Waals surface area contributed by atoms with Crippen LogP contribution in [0.5, 0.6) is 0 Å². The van der Waals surface area contributed by atoms with E-state index in [1.165, 1.54) is 50.1 Å². The first-order chi connectivity index (χ1) is 12.6. The van der Waals surface area contributed by atoms with Gasteiger partial charge in [0.2, 0.25) is 0 Å². The first-order valence-corrected chi connectivity index (χ1v) is 11.0. The maximum Gasteiger partial charge on any atom is 0.191 e. The number of hydrogen-bond acceptors (Lipinski definition) is 4. The molecule has 0 aromatic carbocycles. The van der Waals surface area contributed by atoms with Crippen LogP contribution in [0.3, 0.4) is 0 Å². The summed E-state index contributed by atoms with van der Waals surface area (Å²) >= 11 is 7.35. The number of hydrogen-bond donors (Lipinski definition) is 3. The van der Waals surface area contributed by atoms with E-state index in [4.69, 9.17) is 11.6 Å². The molecule has 3 N–H and O–H groups in total. The summed E-state index contributed by atoms with van der Waals surface area (Å²) in [4.78, 5) is 8.04. The molecule has 2 atom stereocenters. The first-order valence-electron chi connectivity index (χ1n) is 9.84. The van der Waals surface area contributed by atoms with E-state index >= 15 is 0 Å². The van der Waals surface area contributed by atoms with Crippen molar-refractivity contribution in [1.82, 2.24) is 15.5 Å². The molecule has 5 nitrogen and oxygen atoms in total. The number of aliphatic hydroxyl groups excluding tert-OH is 1. The zero-order valence-corrected chi connectivity index (χ0v) is 17.2. The number of nitrogens with one attached hydrogen (secondary N) is 2. The third-order valence-corrected chi connectivity index (χ3v) is 6.63. The van der Waals surface area contributed by atoms with Crippen LogP contribution in [-0.2, 0) is 0 Å². The van der Waals surface area contributed by atoms with E-state index in [9.17, 15) is 5.11 Å². The molecule has 2 unspecified atom stereocenters. The van der Waals surface area contributed by atoms with Gasteiger partial charge in [0, 0.05) is 37.1 Å². The van der Waals surface area contributed by atoms with E-state index in [2.05, 4.69) is 27.4 Å². The highest BCUT2D eigenvalue weighted by Gasteiger charge is 2.26. The predicted octanol–water partition coefficient (Wildman–Crippen LogP) is 3.25. The number of halogens is 1. The van der Waals surface area contributed by atoms with Gasteiger partial charge in [-0.3, -0.25) is 4.99 Å². The topological polar surface area (TPSA) is 59.9 Å². The molecular weight excluding hydrogens is 368 g/mol. The van der Waals surface area contributed by atoms with Crippen LogP contribution in [-0.4, -0.2) is 54.7 Å². The quantitative estimate of drug-likeness (QED) is 0.487. The lowest BCUT2D eigenvalue weighted by Gasteiger charge is -2.21. The molecule has 7 heteroatoms. The first kappa shape index (κ1) is 19.9. The molecule has 1 aliphatic heterocycles. The normalized spacial score (nSPS) is 23.5. The van der Waals surface area contributed by atoms with Crippen LogP contribution in [0.25, 0.3) is 0 Å². The summed E-state index contributed by atoms with van der Waals surface area (Å²) < 4.78 is 0.696. The second kappa shape index (κ2) is 9.93. The van der Waals surface area contributed by atoms with Crippen molar-refractivity contribution in [2.45, 2.75) is 51.2 Å². The molecule has 1 saturated carbocycles. The van der Waals surface area contributed by atoms with Gasteiger partial charge >= 0.3 is 0 Å². The summed E-state index contributed by atoms with van der Waals surface area (Å²) in [5.74, 6) is 1.70. The standard InChI is InChI=1S/C19H31ClN4OS/c1-2-21-19(22-11-16(25)17-7-8-18(20)26-17)23-15-9-10-24(13-15)12-14-5-3-4-6-14/h7-8,14-16,25H,2-6,9-13H2,1H3,(H2,21,22,23). The largest absolute Gasteiger partial charge is 0.386 e. The second-order valence-electron chi connectivity index (χ2n) is 7.42. The van der Waals surface area contributed by atoms with Gasteiger partial charge in [-0.1, -0.05) is 24.4 Å². The Balaban J connectivity index is 1.48. The van der Waals surface area contributed by atoms with E-state index in [0.29, 0.717) is 16.9 Å². The minimum absolute atomic E-state index is 0.338. The van der Waals surface area contributed by atoms with E-state index in [-0.39, 0.29) is 0 Å². The third kappa shape index (κ3) is 5.84. The van der Waals surface area contributed by atoms with Crippen LogP contribution in [0.4, 0.5) is 0 Å². The van der Waals surface area contributed by atoms with Gasteiger partial charge in [-0.25, -0.2) is 0 Å². The van der Waals surface area contributed by atoms with Crippen molar-refractivity contribution in [3.05, 3.63) is 21.3 Å². The van der Waals surface area contributed by atoms with Gasteiger partial charge < -0.3 is 20.6 Å². The zero-order chi connectivity index (χ0) is 18.4.